The lowest BCUT2D eigenvalue weighted by Gasteiger charge is -2.20. The third-order valence-electron chi connectivity index (χ3n) is 5.62. The number of amides is 1. The third-order valence-corrected chi connectivity index (χ3v) is 5.62. The van der Waals surface area contributed by atoms with Gasteiger partial charge in [0.2, 0.25) is 5.91 Å². The minimum absolute atomic E-state index is 0.0578. The van der Waals surface area contributed by atoms with Crippen LogP contribution in [0.2, 0.25) is 0 Å². The average Bonchev–Trinajstić information content (AvgIpc) is 3.31. The number of ether oxygens (including phenoxy) is 2. The molecule has 0 aromatic heterocycles. The van der Waals surface area contributed by atoms with E-state index in [0.717, 1.165) is 49.2 Å². The van der Waals surface area contributed by atoms with Crippen LogP contribution >= 0.6 is 0 Å². The maximum atomic E-state index is 12.5. The summed E-state index contributed by atoms with van der Waals surface area (Å²) in [5.41, 5.74) is 6.81. The lowest BCUT2D eigenvalue weighted by molar-refractivity contribution is -0.126. The SMILES string of the molecule is COc1ccc(CNC(=O)[C@@H]2CCC[C@@H]2CN)c(OC2CCCC2)c1. The first-order valence-electron chi connectivity index (χ1n) is 9.52. The van der Waals surface area contributed by atoms with Crippen molar-refractivity contribution in [1.29, 1.82) is 0 Å². The molecular formula is C20H30N2O3. The van der Waals surface area contributed by atoms with Gasteiger partial charge in [-0.05, 0) is 63.1 Å². The summed E-state index contributed by atoms with van der Waals surface area (Å²) in [6, 6.07) is 5.83. The largest absolute Gasteiger partial charge is 0.497 e. The van der Waals surface area contributed by atoms with Crippen LogP contribution in [0, 0.1) is 11.8 Å². The summed E-state index contributed by atoms with van der Waals surface area (Å²) in [6.45, 7) is 1.08. The molecule has 0 saturated heterocycles. The Hall–Kier alpha value is -1.75. The van der Waals surface area contributed by atoms with Crippen molar-refractivity contribution in [2.24, 2.45) is 17.6 Å². The summed E-state index contributed by atoms with van der Waals surface area (Å²) < 4.78 is 11.5. The number of carbonyl (C=O) groups is 1. The Morgan fingerprint density at radius 2 is 2.00 bits per heavy atom. The Bertz CT molecular complexity index is 584. The monoisotopic (exact) mass is 346 g/mol. The molecule has 1 aromatic rings. The molecule has 0 radical (unpaired) electrons. The highest BCUT2D eigenvalue weighted by molar-refractivity contribution is 5.79. The fourth-order valence-corrected chi connectivity index (χ4v) is 4.08. The molecule has 25 heavy (non-hydrogen) atoms. The van der Waals surface area contributed by atoms with Gasteiger partial charge in [-0.2, -0.15) is 0 Å². The molecule has 0 unspecified atom stereocenters. The second kappa shape index (κ2) is 8.56. The zero-order valence-corrected chi connectivity index (χ0v) is 15.1. The van der Waals surface area contributed by atoms with Crippen molar-refractivity contribution in [2.45, 2.75) is 57.6 Å². The van der Waals surface area contributed by atoms with Gasteiger partial charge in [-0.15, -0.1) is 0 Å². The molecule has 2 aliphatic carbocycles. The molecule has 1 aromatic carbocycles. The molecule has 0 heterocycles. The van der Waals surface area contributed by atoms with Crippen LogP contribution in [-0.2, 0) is 11.3 Å². The molecule has 2 atom stereocenters. The van der Waals surface area contributed by atoms with Crippen LogP contribution in [0.4, 0.5) is 0 Å². The van der Waals surface area contributed by atoms with Crippen molar-refractivity contribution in [1.82, 2.24) is 5.32 Å². The van der Waals surface area contributed by atoms with E-state index in [1.165, 1.54) is 12.8 Å². The van der Waals surface area contributed by atoms with Crippen LogP contribution in [-0.4, -0.2) is 25.7 Å². The van der Waals surface area contributed by atoms with E-state index in [-0.39, 0.29) is 17.9 Å². The molecule has 5 heteroatoms. The van der Waals surface area contributed by atoms with Gasteiger partial charge in [0.1, 0.15) is 11.5 Å². The molecule has 5 nitrogen and oxygen atoms in total. The summed E-state index contributed by atoms with van der Waals surface area (Å²) in [4.78, 5) is 12.5. The van der Waals surface area contributed by atoms with Gasteiger partial charge in [-0.1, -0.05) is 6.42 Å². The summed E-state index contributed by atoms with van der Waals surface area (Å²) in [7, 11) is 1.66. The summed E-state index contributed by atoms with van der Waals surface area (Å²) in [6.07, 6.45) is 8.03. The Morgan fingerprint density at radius 3 is 2.72 bits per heavy atom. The van der Waals surface area contributed by atoms with Gasteiger partial charge >= 0.3 is 0 Å². The van der Waals surface area contributed by atoms with Gasteiger partial charge in [0.25, 0.3) is 0 Å². The molecule has 0 bridgehead atoms. The van der Waals surface area contributed by atoms with Crippen LogP contribution in [0.15, 0.2) is 18.2 Å². The number of hydrogen-bond acceptors (Lipinski definition) is 4. The number of methoxy groups -OCH3 is 1. The van der Waals surface area contributed by atoms with Gasteiger partial charge in [0.05, 0.1) is 13.2 Å². The molecule has 3 N–H and O–H groups in total. The van der Waals surface area contributed by atoms with E-state index in [1.807, 2.05) is 18.2 Å². The first-order valence-corrected chi connectivity index (χ1v) is 9.52. The van der Waals surface area contributed by atoms with Crippen molar-refractivity contribution in [2.75, 3.05) is 13.7 Å². The van der Waals surface area contributed by atoms with Crippen molar-refractivity contribution >= 4 is 5.91 Å². The van der Waals surface area contributed by atoms with Crippen LogP contribution in [0.1, 0.15) is 50.5 Å². The molecule has 3 rings (SSSR count). The van der Waals surface area contributed by atoms with E-state index < -0.39 is 0 Å². The summed E-state index contributed by atoms with van der Waals surface area (Å²) in [5, 5.41) is 3.09. The smallest absolute Gasteiger partial charge is 0.223 e. The number of rotatable bonds is 7. The topological polar surface area (TPSA) is 73.6 Å². The van der Waals surface area contributed by atoms with Gasteiger partial charge in [0.15, 0.2) is 0 Å². The van der Waals surface area contributed by atoms with Gasteiger partial charge < -0.3 is 20.5 Å². The van der Waals surface area contributed by atoms with Crippen molar-refractivity contribution in [3.63, 3.8) is 0 Å². The fraction of sp³-hybridized carbons (Fsp3) is 0.650. The van der Waals surface area contributed by atoms with E-state index in [9.17, 15) is 4.79 Å². The average molecular weight is 346 g/mol. The van der Waals surface area contributed by atoms with Gasteiger partial charge in [-0.3, -0.25) is 4.79 Å². The first-order chi connectivity index (χ1) is 12.2. The second-order valence-corrected chi connectivity index (χ2v) is 7.25. The minimum Gasteiger partial charge on any atom is -0.497 e. The van der Waals surface area contributed by atoms with Crippen LogP contribution in [0.25, 0.3) is 0 Å². The second-order valence-electron chi connectivity index (χ2n) is 7.25. The predicted molar refractivity (Wildman–Crippen MR) is 97.6 cm³/mol. The zero-order valence-electron chi connectivity index (χ0n) is 15.1. The quantitative estimate of drug-likeness (QED) is 0.796. The Morgan fingerprint density at radius 1 is 1.20 bits per heavy atom. The normalized spacial score (nSPS) is 23.6. The highest BCUT2D eigenvalue weighted by Gasteiger charge is 2.31. The molecule has 1 amide bonds. The van der Waals surface area contributed by atoms with Crippen LogP contribution < -0.4 is 20.5 Å². The molecule has 138 valence electrons. The summed E-state index contributed by atoms with van der Waals surface area (Å²) >= 11 is 0. The Labute approximate surface area is 150 Å². The lowest BCUT2D eigenvalue weighted by atomic mass is 9.95. The van der Waals surface area contributed by atoms with E-state index in [1.54, 1.807) is 7.11 Å². The maximum absolute atomic E-state index is 12.5. The molecule has 2 aliphatic rings. The zero-order chi connectivity index (χ0) is 17.6. The van der Waals surface area contributed by atoms with Crippen molar-refractivity contribution in [3.8, 4) is 11.5 Å². The predicted octanol–water partition coefficient (Wildman–Crippen LogP) is 3.01. The van der Waals surface area contributed by atoms with Crippen molar-refractivity contribution in [3.05, 3.63) is 23.8 Å². The Balaban J connectivity index is 1.65. The van der Waals surface area contributed by atoms with Gasteiger partial charge in [-0.25, -0.2) is 0 Å². The lowest BCUT2D eigenvalue weighted by Crippen LogP contribution is -2.34. The van der Waals surface area contributed by atoms with Gasteiger partial charge in [0, 0.05) is 24.1 Å². The van der Waals surface area contributed by atoms with E-state index in [4.69, 9.17) is 15.2 Å². The Kier molecular flexibility index (Phi) is 6.19. The molecular weight excluding hydrogens is 316 g/mol. The van der Waals surface area contributed by atoms with E-state index in [0.29, 0.717) is 19.0 Å². The molecule has 0 spiro atoms. The minimum atomic E-state index is 0.0578. The number of nitrogens with two attached hydrogens (primary N) is 1. The molecule has 2 fully saturated rings. The number of hydrogen-bond donors (Lipinski definition) is 2. The fourth-order valence-electron chi connectivity index (χ4n) is 4.08. The van der Waals surface area contributed by atoms with Crippen LogP contribution in [0.3, 0.4) is 0 Å². The van der Waals surface area contributed by atoms with Crippen LogP contribution in [0.5, 0.6) is 11.5 Å². The first kappa shape index (κ1) is 18.1. The number of benzene rings is 1. The maximum Gasteiger partial charge on any atom is 0.223 e. The van der Waals surface area contributed by atoms with E-state index in [2.05, 4.69) is 5.32 Å². The molecule has 0 aliphatic heterocycles. The third kappa shape index (κ3) is 4.46. The number of nitrogens with one attached hydrogen (secondary N) is 1. The van der Waals surface area contributed by atoms with Crippen molar-refractivity contribution < 1.29 is 14.3 Å². The molecule has 2 saturated carbocycles. The number of carbonyl (C=O) groups excluding carboxylic acids is 1. The highest BCUT2D eigenvalue weighted by Crippen LogP contribution is 2.32. The summed E-state index contributed by atoms with van der Waals surface area (Å²) in [5.74, 6) is 2.11. The van der Waals surface area contributed by atoms with E-state index >= 15 is 0 Å². The standard InChI is InChI=1S/C20H30N2O3/c1-24-17-10-9-15(19(11-17)25-16-6-2-3-7-16)13-22-20(23)18-8-4-5-14(18)12-21/h9-11,14,16,18H,2-8,12-13,21H2,1H3,(H,22,23)/t14-,18-/m1/s1. The highest BCUT2D eigenvalue weighted by atomic mass is 16.5.